The molecule has 4 atom stereocenters. The molecule has 136 valence electrons. The molecule has 10 nitrogen and oxygen atoms in total. The molecule has 0 saturated carbocycles. The molecule has 1 saturated heterocycles. The molecule has 1 aromatic carbocycles. The standard InChI is InChI=1S/C16H18N6O4/c1-7-2-4-8(5-3-7)14-18-13(17)10-15(19-14)22(21-20-10)16-12(25)11(24)9(6-23)26-16/h2-5,9,11-12,16,23-25H,6H2,1H3,(H2,17,18,19)/t9-,11-,12-,16-/m1/s1. The van der Waals surface area contributed by atoms with E-state index in [-0.39, 0.29) is 17.0 Å². The van der Waals surface area contributed by atoms with E-state index in [0.717, 1.165) is 11.1 Å². The third-order valence-corrected chi connectivity index (χ3v) is 4.42. The Balaban J connectivity index is 1.81. The Kier molecular flexibility index (Phi) is 4.04. The van der Waals surface area contributed by atoms with Crippen LogP contribution in [0, 0.1) is 6.92 Å². The molecule has 0 amide bonds. The van der Waals surface area contributed by atoms with Crippen LogP contribution in [0.15, 0.2) is 24.3 Å². The first-order chi connectivity index (χ1) is 12.5. The van der Waals surface area contributed by atoms with Gasteiger partial charge >= 0.3 is 0 Å². The number of hydrogen-bond donors (Lipinski definition) is 4. The SMILES string of the molecule is Cc1ccc(-c2nc(N)c3nnn([C@@H]4O[C@H](CO)[C@@H](O)[C@H]4O)c3n2)cc1. The van der Waals surface area contributed by atoms with Gasteiger partial charge in [-0.1, -0.05) is 35.0 Å². The molecule has 0 aliphatic carbocycles. The van der Waals surface area contributed by atoms with Gasteiger partial charge in [-0.2, -0.15) is 4.68 Å². The number of fused-ring (bicyclic) bond motifs is 1. The maximum Gasteiger partial charge on any atom is 0.187 e. The molecule has 10 heteroatoms. The molecule has 1 fully saturated rings. The van der Waals surface area contributed by atoms with E-state index >= 15 is 0 Å². The number of rotatable bonds is 3. The van der Waals surface area contributed by atoms with E-state index in [2.05, 4.69) is 20.3 Å². The zero-order valence-corrected chi connectivity index (χ0v) is 13.9. The van der Waals surface area contributed by atoms with Crippen LogP contribution in [-0.4, -0.2) is 65.2 Å². The monoisotopic (exact) mass is 358 g/mol. The first-order valence-electron chi connectivity index (χ1n) is 8.07. The van der Waals surface area contributed by atoms with E-state index in [1.807, 2.05) is 31.2 Å². The smallest absolute Gasteiger partial charge is 0.187 e. The lowest BCUT2D eigenvalue weighted by Gasteiger charge is -2.15. The fourth-order valence-electron chi connectivity index (χ4n) is 2.94. The van der Waals surface area contributed by atoms with Gasteiger partial charge in [0.05, 0.1) is 6.61 Å². The molecular weight excluding hydrogens is 340 g/mol. The van der Waals surface area contributed by atoms with Crippen LogP contribution in [0.3, 0.4) is 0 Å². The maximum atomic E-state index is 10.2. The number of benzene rings is 1. The lowest BCUT2D eigenvalue weighted by Crippen LogP contribution is -2.33. The highest BCUT2D eigenvalue weighted by atomic mass is 16.6. The number of aromatic nitrogens is 5. The van der Waals surface area contributed by atoms with Gasteiger partial charge in [0, 0.05) is 5.56 Å². The zero-order chi connectivity index (χ0) is 18.4. The fourth-order valence-corrected chi connectivity index (χ4v) is 2.94. The Bertz CT molecular complexity index is 944. The van der Waals surface area contributed by atoms with Gasteiger partial charge < -0.3 is 25.8 Å². The van der Waals surface area contributed by atoms with Crippen LogP contribution >= 0.6 is 0 Å². The summed E-state index contributed by atoms with van der Waals surface area (Å²) in [6.45, 7) is 1.54. The number of hydrogen-bond acceptors (Lipinski definition) is 9. The summed E-state index contributed by atoms with van der Waals surface area (Å²) >= 11 is 0. The number of anilines is 1. The van der Waals surface area contributed by atoms with Crippen LogP contribution in [0.4, 0.5) is 5.82 Å². The summed E-state index contributed by atoms with van der Waals surface area (Å²) in [5, 5.41) is 37.3. The minimum Gasteiger partial charge on any atom is -0.394 e. The van der Waals surface area contributed by atoms with Crippen molar-refractivity contribution in [2.75, 3.05) is 12.3 Å². The van der Waals surface area contributed by atoms with E-state index in [9.17, 15) is 15.3 Å². The largest absolute Gasteiger partial charge is 0.394 e. The van der Waals surface area contributed by atoms with Crippen molar-refractivity contribution < 1.29 is 20.1 Å². The second-order valence-corrected chi connectivity index (χ2v) is 6.23. The first-order valence-corrected chi connectivity index (χ1v) is 8.07. The molecule has 5 N–H and O–H groups in total. The molecule has 3 heterocycles. The molecule has 0 unspecified atom stereocenters. The first kappa shape index (κ1) is 16.8. The minimum atomic E-state index is -1.30. The predicted molar refractivity (Wildman–Crippen MR) is 90.7 cm³/mol. The van der Waals surface area contributed by atoms with Gasteiger partial charge in [-0.3, -0.25) is 0 Å². The predicted octanol–water partition coefficient (Wildman–Crippen LogP) is -0.610. The number of nitrogens with two attached hydrogens (primary N) is 1. The van der Waals surface area contributed by atoms with Crippen LogP contribution < -0.4 is 5.73 Å². The number of nitrogens with zero attached hydrogens (tertiary/aromatic N) is 5. The van der Waals surface area contributed by atoms with Crippen molar-refractivity contribution in [1.82, 2.24) is 25.0 Å². The average Bonchev–Trinajstić information content (AvgIpc) is 3.18. The third kappa shape index (κ3) is 2.59. The quantitative estimate of drug-likeness (QED) is 0.480. The van der Waals surface area contributed by atoms with Crippen LogP contribution in [0.5, 0.6) is 0 Å². The summed E-state index contributed by atoms with van der Waals surface area (Å²) in [6.07, 6.45) is -4.52. The molecule has 1 aliphatic heterocycles. The number of ether oxygens (including phenoxy) is 1. The molecule has 0 spiro atoms. The highest BCUT2D eigenvalue weighted by Crippen LogP contribution is 2.31. The molecule has 0 radical (unpaired) electrons. The Labute approximate surface area is 147 Å². The average molecular weight is 358 g/mol. The van der Waals surface area contributed by atoms with Gasteiger partial charge in [0.25, 0.3) is 0 Å². The Morgan fingerprint density at radius 2 is 1.88 bits per heavy atom. The van der Waals surface area contributed by atoms with Gasteiger partial charge in [-0.15, -0.1) is 5.10 Å². The molecule has 4 rings (SSSR count). The Morgan fingerprint density at radius 1 is 1.15 bits per heavy atom. The highest BCUT2D eigenvalue weighted by Gasteiger charge is 2.44. The molecule has 2 aromatic heterocycles. The molecule has 0 bridgehead atoms. The summed E-state index contributed by atoms with van der Waals surface area (Å²) in [5.74, 6) is 0.522. The Morgan fingerprint density at radius 3 is 2.54 bits per heavy atom. The van der Waals surface area contributed by atoms with Crippen molar-refractivity contribution in [3.8, 4) is 11.4 Å². The lowest BCUT2D eigenvalue weighted by atomic mass is 10.1. The number of nitrogen functional groups attached to an aromatic ring is 1. The van der Waals surface area contributed by atoms with Crippen molar-refractivity contribution in [2.45, 2.75) is 31.5 Å². The van der Waals surface area contributed by atoms with Gasteiger partial charge in [0.15, 0.2) is 29.0 Å². The van der Waals surface area contributed by atoms with Gasteiger partial charge in [-0.05, 0) is 6.92 Å². The second kappa shape index (κ2) is 6.25. The topological polar surface area (TPSA) is 152 Å². The van der Waals surface area contributed by atoms with Crippen LogP contribution in [0.1, 0.15) is 11.8 Å². The van der Waals surface area contributed by atoms with E-state index in [1.54, 1.807) is 0 Å². The molecule has 1 aliphatic rings. The molecule has 3 aromatic rings. The molecule has 26 heavy (non-hydrogen) atoms. The Hall–Kier alpha value is -2.66. The zero-order valence-electron chi connectivity index (χ0n) is 13.9. The van der Waals surface area contributed by atoms with Crippen LogP contribution in [-0.2, 0) is 4.74 Å². The number of aryl methyl sites for hydroxylation is 1. The van der Waals surface area contributed by atoms with E-state index < -0.39 is 31.1 Å². The van der Waals surface area contributed by atoms with Crippen LogP contribution in [0.25, 0.3) is 22.6 Å². The minimum absolute atomic E-state index is 0.142. The van der Waals surface area contributed by atoms with E-state index in [1.165, 1.54) is 4.68 Å². The van der Waals surface area contributed by atoms with E-state index in [0.29, 0.717) is 5.82 Å². The number of aliphatic hydroxyl groups excluding tert-OH is 3. The maximum absolute atomic E-state index is 10.2. The normalized spacial score (nSPS) is 25.8. The summed E-state index contributed by atoms with van der Waals surface area (Å²) in [4.78, 5) is 8.73. The van der Waals surface area contributed by atoms with Gasteiger partial charge in [-0.25, -0.2) is 9.97 Å². The van der Waals surface area contributed by atoms with Crippen molar-refractivity contribution in [2.24, 2.45) is 0 Å². The third-order valence-electron chi connectivity index (χ3n) is 4.42. The van der Waals surface area contributed by atoms with Crippen molar-refractivity contribution in [3.05, 3.63) is 29.8 Å². The van der Waals surface area contributed by atoms with Crippen LogP contribution in [0.2, 0.25) is 0 Å². The van der Waals surface area contributed by atoms with Crippen molar-refractivity contribution in [1.29, 1.82) is 0 Å². The summed E-state index contributed by atoms with van der Waals surface area (Å²) < 4.78 is 6.74. The van der Waals surface area contributed by atoms with Crippen molar-refractivity contribution in [3.63, 3.8) is 0 Å². The van der Waals surface area contributed by atoms with Gasteiger partial charge in [0.1, 0.15) is 18.3 Å². The van der Waals surface area contributed by atoms with Crippen molar-refractivity contribution >= 4 is 17.0 Å². The number of aliphatic hydroxyl groups is 3. The fraction of sp³-hybridized carbons (Fsp3) is 0.375. The highest BCUT2D eigenvalue weighted by molar-refractivity contribution is 5.83. The van der Waals surface area contributed by atoms with Gasteiger partial charge in [0.2, 0.25) is 0 Å². The summed E-state index contributed by atoms with van der Waals surface area (Å²) in [6, 6.07) is 7.61. The summed E-state index contributed by atoms with van der Waals surface area (Å²) in [7, 11) is 0. The van der Waals surface area contributed by atoms with E-state index in [4.69, 9.17) is 10.5 Å². The molecular formula is C16H18N6O4. The summed E-state index contributed by atoms with van der Waals surface area (Å²) in [5.41, 5.74) is 8.38. The second-order valence-electron chi connectivity index (χ2n) is 6.23. The lowest BCUT2D eigenvalue weighted by molar-refractivity contribution is -0.0574.